The molecule has 2 unspecified atom stereocenters. The zero-order chi connectivity index (χ0) is 9.97. The van der Waals surface area contributed by atoms with Crippen LogP contribution in [0.4, 0.5) is 0 Å². The number of aliphatic hydroxyl groups excluding tert-OH is 1. The molecule has 78 valence electrons. The van der Waals surface area contributed by atoms with Gasteiger partial charge < -0.3 is 14.4 Å². The van der Waals surface area contributed by atoms with Gasteiger partial charge in [0.2, 0.25) is 0 Å². The van der Waals surface area contributed by atoms with E-state index in [-0.39, 0.29) is 11.8 Å². The number of hydrogen-bond acceptors (Lipinski definition) is 5. The highest BCUT2D eigenvalue weighted by molar-refractivity contribution is 4.97. The first-order chi connectivity index (χ1) is 6.77. The molecule has 1 N–H and O–H groups in total. The predicted octanol–water partition coefficient (Wildman–Crippen LogP) is 1.02. The van der Waals surface area contributed by atoms with Crippen molar-refractivity contribution in [3.8, 4) is 0 Å². The minimum Gasteiger partial charge on any atom is -0.384 e. The Morgan fingerprint density at radius 1 is 1.57 bits per heavy atom. The highest BCUT2D eigenvalue weighted by Gasteiger charge is 2.22. The molecule has 1 aliphatic heterocycles. The molecule has 0 bridgehead atoms. The maximum Gasteiger partial charge on any atom is 0.255 e. The van der Waals surface area contributed by atoms with Crippen molar-refractivity contribution in [1.29, 1.82) is 0 Å². The fraction of sp³-hybridized carbons (Fsp3) is 0.778. The van der Waals surface area contributed by atoms with Crippen LogP contribution in [-0.2, 0) is 4.74 Å². The Labute approximate surface area is 82.1 Å². The van der Waals surface area contributed by atoms with Crippen molar-refractivity contribution >= 4 is 0 Å². The third-order valence-corrected chi connectivity index (χ3v) is 2.34. The van der Waals surface area contributed by atoms with Gasteiger partial charge in [-0.2, -0.15) is 4.98 Å². The lowest BCUT2D eigenvalue weighted by atomic mass is 10.0. The van der Waals surface area contributed by atoms with E-state index in [9.17, 15) is 5.11 Å². The SMILES string of the molecule is CC(O)c1nc(C2CCCOC2)no1. The lowest BCUT2D eigenvalue weighted by Crippen LogP contribution is -2.16. The zero-order valence-electron chi connectivity index (χ0n) is 8.14. The standard InChI is InChI=1S/C9H14N2O3/c1-6(12)9-10-8(11-14-9)7-3-2-4-13-5-7/h6-7,12H,2-5H2,1H3. The number of hydrogen-bond donors (Lipinski definition) is 1. The van der Waals surface area contributed by atoms with Crippen LogP contribution in [0.25, 0.3) is 0 Å². The van der Waals surface area contributed by atoms with E-state index in [1.807, 2.05) is 0 Å². The first-order valence-corrected chi connectivity index (χ1v) is 4.86. The molecule has 2 heterocycles. The van der Waals surface area contributed by atoms with Crippen LogP contribution in [0.5, 0.6) is 0 Å². The topological polar surface area (TPSA) is 68.4 Å². The monoisotopic (exact) mass is 198 g/mol. The van der Waals surface area contributed by atoms with Crippen LogP contribution in [0.3, 0.4) is 0 Å². The number of aromatic nitrogens is 2. The van der Waals surface area contributed by atoms with Crippen molar-refractivity contribution in [2.24, 2.45) is 0 Å². The molecule has 0 aromatic carbocycles. The second-order valence-corrected chi connectivity index (χ2v) is 3.58. The predicted molar refractivity (Wildman–Crippen MR) is 47.7 cm³/mol. The molecular formula is C9H14N2O3. The van der Waals surface area contributed by atoms with Crippen LogP contribution in [0, 0.1) is 0 Å². The molecule has 0 aliphatic carbocycles. The van der Waals surface area contributed by atoms with Gasteiger partial charge >= 0.3 is 0 Å². The number of ether oxygens (including phenoxy) is 1. The molecule has 0 saturated carbocycles. The maximum atomic E-state index is 9.21. The smallest absolute Gasteiger partial charge is 0.255 e. The first kappa shape index (κ1) is 9.61. The molecule has 1 aromatic heterocycles. The highest BCUT2D eigenvalue weighted by atomic mass is 16.5. The van der Waals surface area contributed by atoms with E-state index in [0.717, 1.165) is 19.4 Å². The van der Waals surface area contributed by atoms with Gasteiger partial charge in [-0.25, -0.2) is 0 Å². The molecule has 2 atom stereocenters. The quantitative estimate of drug-likeness (QED) is 0.768. The fourth-order valence-corrected chi connectivity index (χ4v) is 1.53. The molecule has 14 heavy (non-hydrogen) atoms. The number of nitrogens with zero attached hydrogens (tertiary/aromatic N) is 2. The number of rotatable bonds is 2. The molecule has 2 rings (SSSR count). The minimum absolute atomic E-state index is 0.222. The molecule has 1 aliphatic rings. The molecule has 0 radical (unpaired) electrons. The van der Waals surface area contributed by atoms with E-state index in [2.05, 4.69) is 10.1 Å². The van der Waals surface area contributed by atoms with Crippen LogP contribution in [0.1, 0.15) is 43.5 Å². The summed E-state index contributed by atoms with van der Waals surface area (Å²) in [6.45, 7) is 3.07. The molecule has 1 aromatic rings. The molecule has 1 saturated heterocycles. The van der Waals surface area contributed by atoms with E-state index in [0.29, 0.717) is 12.4 Å². The van der Waals surface area contributed by atoms with Gasteiger partial charge in [0.1, 0.15) is 6.10 Å². The molecule has 5 nitrogen and oxygen atoms in total. The summed E-state index contributed by atoms with van der Waals surface area (Å²) in [6.07, 6.45) is 1.36. The average Bonchev–Trinajstić information content (AvgIpc) is 2.68. The van der Waals surface area contributed by atoms with Gasteiger partial charge in [0, 0.05) is 12.5 Å². The van der Waals surface area contributed by atoms with E-state index in [1.165, 1.54) is 0 Å². The summed E-state index contributed by atoms with van der Waals surface area (Å²) in [6, 6.07) is 0. The van der Waals surface area contributed by atoms with Crippen molar-refractivity contribution in [3.63, 3.8) is 0 Å². The summed E-state index contributed by atoms with van der Waals surface area (Å²) in [5.74, 6) is 1.16. The first-order valence-electron chi connectivity index (χ1n) is 4.86. The maximum absolute atomic E-state index is 9.21. The molecule has 5 heteroatoms. The van der Waals surface area contributed by atoms with Gasteiger partial charge in [-0.3, -0.25) is 0 Å². The second-order valence-electron chi connectivity index (χ2n) is 3.58. The van der Waals surface area contributed by atoms with Crippen LogP contribution in [-0.4, -0.2) is 28.5 Å². The minimum atomic E-state index is -0.694. The van der Waals surface area contributed by atoms with Crippen molar-refractivity contribution in [3.05, 3.63) is 11.7 Å². The normalized spacial score (nSPS) is 24.9. The number of aliphatic hydroxyl groups is 1. The van der Waals surface area contributed by atoms with Gasteiger partial charge in [-0.1, -0.05) is 5.16 Å². The van der Waals surface area contributed by atoms with Crippen LogP contribution in [0.2, 0.25) is 0 Å². The van der Waals surface area contributed by atoms with Gasteiger partial charge in [0.05, 0.1) is 6.61 Å². The molecule has 0 spiro atoms. The van der Waals surface area contributed by atoms with Crippen LogP contribution in [0.15, 0.2) is 4.52 Å². The van der Waals surface area contributed by atoms with Crippen molar-refractivity contribution < 1.29 is 14.4 Å². The highest BCUT2D eigenvalue weighted by Crippen LogP contribution is 2.23. The van der Waals surface area contributed by atoms with E-state index in [4.69, 9.17) is 9.26 Å². The molecule has 0 amide bonds. The summed E-state index contributed by atoms with van der Waals surface area (Å²) < 4.78 is 10.2. The van der Waals surface area contributed by atoms with E-state index >= 15 is 0 Å². The molecule has 1 fully saturated rings. The Morgan fingerprint density at radius 3 is 3.00 bits per heavy atom. The lowest BCUT2D eigenvalue weighted by molar-refractivity contribution is 0.0773. The third-order valence-electron chi connectivity index (χ3n) is 2.34. The summed E-state index contributed by atoms with van der Waals surface area (Å²) in [4.78, 5) is 4.13. The van der Waals surface area contributed by atoms with Crippen molar-refractivity contribution in [1.82, 2.24) is 10.1 Å². The largest absolute Gasteiger partial charge is 0.384 e. The van der Waals surface area contributed by atoms with Gasteiger partial charge in [0.15, 0.2) is 5.82 Å². The van der Waals surface area contributed by atoms with Gasteiger partial charge in [-0.05, 0) is 19.8 Å². The third kappa shape index (κ3) is 1.93. The average molecular weight is 198 g/mol. The Hall–Kier alpha value is -0.940. The van der Waals surface area contributed by atoms with Crippen molar-refractivity contribution in [2.45, 2.75) is 31.8 Å². The second kappa shape index (κ2) is 4.06. The van der Waals surface area contributed by atoms with Gasteiger partial charge in [0.25, 0.3) is 5.89 Å². The summed E-state index contributed by atoms with van der Waals surface area (Å²) >= 11 is 0. The van der Waals surface area contributed by atoms with Crippen molar-refractivity contribution in [2.75, 3.05) is 13.2 Å². The van der Waals surface area contributed by atoms with Crippen LogP contribution < -0.4 is 0 Å². The fourth-order valence-electron chi connectivity index (χ4n) is 1.53. The Morgan fingerprint density at radius 2 is 2.43 bits per heavy atom. The Kier molecular flexibility index (Phi) is 2.79. The van der Waals surface area contributed by atoms with Gasteiger partial charge in [-0.15, -0.1) is 0 Å². The molecular weight excluding hydrogens is 184 g/mol. The Bertz CT molecular complexity index is 292. The summed E-state index contributed by atoms with van der Waals surface area (Å²) in [5.41, 5.74) is 0. The lowest BCUT2D eigenvalue weighted by Gasteiger charge is -2.18. The van der Waals surface area contributed by atoms with E-state index in [1.54, 1.807) is 6.92 Å². The van der Waals surface area contributed by atoms with Crippen LogP contribution >= 0.6 is 0 Å². The zero-order valence-corrected chi connectivity index (χ0v) is 8.14. The summed E-state index contributed by atoms with van der Waals surface area (Å²) in [7, 11) is 0. The van der Waals surface area contributed by atoms with E-state index < -0.39 is 6.10 Å². The Balaban J connectivity index is 2.07. The summed E-state index contributed by atoms with van der Waals surface area (Å²) in [5, 5.41) is 13.0.